The quantitative estimate of drug-likeness (QED) is 0.746. The summed E-state index contributed by atoms with van der Waals surface area (Å²) in [4.78, 5) is 16.2. The summed E-state index contributed by atoms with van der Waals surface area (Å²) in [6.45, 7) is 1.94. The summed E-state index contributed by atoms with van der Waals surface area (Å²) in [5.41, 5.74) is 10.3. The molecule has 0 saturated heterocycles. The highest BCUT2D eigenvalue weighted by atomic mass is 19.1. The Morgan fingerprint density at radius 3 is 2.77 bits per heavy atom. The van der Waals surface area contributed by atoms with Gasteiger partial charge >= 0.3 is 5.97 Å². The molecular weight excluding hydrogens is 383 g/mol. The van der Waals surface area contributed by atoms with E-state index in [2.05, 4.69) is 5.10 Å². The third-order valence-corrected chi connectivity index (χ3v) is 6.25. The van der Waals surface area contributed by atoms with Gasteiger partial charge in [-0.15, -0.1) is 0 Å². The van der Waals surface area contributed by atoms with Crippen LogP contribution in [0.3, 0.4) is 0 Å². The summed E-state index contributed by atoms with van der Waals surface area (Å²) in [5.74, 6) is -0.607. The summed E-state index contributed by atoms with van der Waals surface area (Å²) in [7, 11) is 0. The smallest absolute Gasteiger partial charge is 0.306 e. The van der Waals surface area contributed by atoms with Crippen LogP contribution in [0.25, 0.3) is 11.2 Å². The molecule has 2 aromatic heterocycles. The largest absolute Gasteiger partial charge is 0.481 e. The highest BCUT2D eigenvalue weighted by molar-refractivity contribution is 5.83. The van der Waals surface area contributed by atoms with Crippen LogP contribution in [0.4, 0.5) is 10.2 Å². The molecular formula is C23H27FN4O2. The average molecular weight is 410 g/mol. The highest BCUT2D eigenvalue weighted by Crippen LogP contribution is 2.38. The van der Waals surface area contributed by atoms with Crippen LogP contribution in [0, 0.1) is 12.8 Å². The van der Waals surface area contributed by atoms with Gasteiger partial charge in [0.15, 0.2) is 5.65 Å². The maximum absolute atomic E-state index is 14.3. The van der Waals surface area contributed by atoms with E-state index < -0.39 is 5.97 Å². The Morgan fingerprint density at radius 1 is 1.27 bits per heavy atom. The molecule has 6 nitrogen and oxygen atoms in total. The first-order chi connectivity index (χ1) is 14.5. The Labute approximate surface area is 175 Å². The molecule has 3 N–H and O–H groups in total. The number of fused-ring (bicyclic) bond motifs is 1. The molecule has 0 aliphatic heterocycles. The summed E-state index contributed by atoms with van der Waals surface area (Å²) < 4.78 is 15.9. The number of carboxylic acid groups (broad SMARTS) is 1. The number of rotatable bonds is 3. The zero-order chi connectivity index (χ0) is 21.3. The lowest BCUT2D eigenvalue weighted by molar-refractivity contribution is -0.142. The second kappa shape index (κ2) is 8.42. The standard InChI is InChI=1S/C23H27FN4O2/c1-14-20(15-8-10-16(11-9-15)23(29)30)27-22-19(13-26-28(22)21(14)25)17-6-4-2-3-5-7-18(24)12-17/h5-7,12-13,15-16H,2-4,8-11,25H2,1H3,(H,29,30). The number of halogens is 1. The summed E-state index contributed by atoms with van der Waals surface area (Å²) in [6, 6.07) is 0. The second-order valence-corrected chi connectivity index (χ2v) is 8.21. The Kier molecular flexibility index (Phi) is 5.70. The molecule has 2 aromatic rings. The number of nitrogens with zero attached hydrogens (tertiary/aromatic N) is 3. The molecule has 0 amide bonds. The zero-order valence-electron chi connectivity index (χ0n) is 17.1. The fourth-order valence-electron chi connectivity index (χ4n) is 4.46. The van der Waals surface area contributed by atoms with Crippen molar-refractivity contribution in [1.82, 2.24) is 14.6 Å². The molecule has 0 atom stereocenters. The summed E-state index contributed by atoms with van der Waals surface area (Å²) in [5, 5.41) is 13.7. The monoisotopic (exact) mass is 410 g/mol. The molecule has 2 aliphatic rings. The van der Waals surface area contributed by atoms with E-state index in [-0.39, 0.29) is 17.7 Å². The number of nitrogen functional groups attached to an aromatic ring is 1. The first-order valence-corrected chi connectivity index (χ1v) is 10.6. The van der Waals surface area contributed by atoms with Crippen molar-refractivity contribution in [3.8, 4) is 0 Å². The van der Waals surface area contributed by atoms with Crippen molar-refractivity contribution in [2.24, 2.45) is 5.92 Å². The minimum atomic E-state index is -0.721. The van der Waals surface area contributed by atoms with Gasteiger partial charge in [-0.05, 0) is 69.6 Å². The van der Waals surface area contributed by atoms with E-state index in [4.69, 9.17) is 10.7 Å². The molecule has 2 heterocycles. The number of carboxylic acids is 1. The summed E-state index contributed by atoms with van der Waals surface area (Å²) in [6.07, 6.45) is 14.1. The van der Waals surface area contributed by atoms with Gasteiger partial charge in [0.1, 0.15) is 11.6 Å². The lowest BCUT2D eigenvalue weighted by atomic mass is 9.79. The van der Waals surface area contributed by atoms with Crippen molar-refractivity contribution < 1.29 is 14.3 Å². The van der Waals surface area contributed by atoms with E-state index in [1.54, 1.807) is 10.7 Å². The van der Waals surface area contributed by atoms with Gasteiger partial charge in [0, 0.05) is 17.0 Å². The maximum Gasteiger partial charge on any atom is 0.306 e. The first-order valence-electron chi connectivity index (χ1n) is 10.6. The number of hydrogen-bond acceptors (Lipinski definition) is 4. The molecule has 7 heteroatoms. The lowest BCUT2D eigenvalue weighted by Gasteiger charge is -2.27. The van der Waals surface area contributed by atoms with E-state index in [0.717, 1.165) is 54.5 Å². The van der Waals surface area contributed by atoms with Crippen molar-refractivity contribution >= 4 is 23.0 Å². The van der Waals surface area contributed by atoms with Gasteiger partial charge < -0.3 is 10.8 Å². The molecule has 30 heavy (non-hydrogen) atoms. The van der Waals surface area contributed by atoms with E-state index >= 15 is 0 Å². The highest BCUT2D eigenvalue weighted by Gasteiger charge is 2.29. The molecule has 1 saturated carbocycles. The van der Waals surface area contributed by atoms with Crippen LogP contribution in [0.15, 0.2) is 36.3 Å². The number of allylic oxidation sites excluding steroid dienone is 6. The van der Waals surface area contributed by atoms with Gasteiger partial charge in [0.25, 0.3) is 0 Å². The van der Waals surface area contributed by atoms with Crippen LogP contribution in [-0.4, -0.2) is 25.7 Å². The maximum atomic E-state index is 14.3. The van der Waals surface area contributed by atoms with Crippen LogP contribution < -0.4 is 5.73 Å². The van der Waals surface area contributed by atoms with Gasteiger partial charge in [-0.1, -0.05) is 12.2 Å². The lowest BCUT2D eigenvalue weighted by Crippen LogP contribution is -2.22. The number of anilines is 1. The third-order valence-electron chi connectivity index (χ3n) is 6.25. The van der Waals surface area contributed by atoms with Crippen LogP contribution in [0.1, 0.15) is 67.7 Å². The van der Waals surface area contributed by atoms with Gasteiger partial charge in [-0.25, -0.2) is 9.37 Å². The number of aromatic nitrogens is 3. The topological polar surface area (TPSA) is 93.5 Å². The van der Waals surface area contributed by atoms with Crippen LogP contribution >= 0.6 is 0 Å². The van der Waals surface area contributed by atoms with E-state index in [1.807, 2.05) is 19.1 Å². The van der Waals surface area contributed by atoms with Gasteiger partial charge in [-0.2, -0.15) is 9.61 Å². The summed E-state index contributed by atoms with van der Waals surface area (Å²) >= 11 is 0. The Balaban J connectivity index is 1.75. The van der Waals surface area contributed by atoms with Crippen LogP contribution in [0.5, 0.6) is 0 Å². The minimum absolute atomic E-state index is 0.167. The van der Waals surface area contributed by atoms with Gasteiger partial charge in [-0.3, -0.25) is 4.79 Å². The average Bonchev–Trinajstić information content (AvgIpc) is 3.19. The Hall–Kier alpha value is -2.96. The number of aliphatic carboxylic acids is 1. The predicted octanol–water partition coefficient (Wildman–Crippen LogP) is 4.96. The zero-order valence-corrected chi connectivity index (χ0v) is 17.1. The molecule has 158 valence electrons. The van der Waals surface area contributed by atoms with Crippen molar-refractivity contribution in [2.75, 3.05) is 5.73 Å². The Morgan fingerprint density at radius 2 is 2.03 bits per heavy atom. The molecule has 4 rings (SSSR count). The first kappa shape index (κ1) is 20.3. The van der Waals surface area contributed by atoms with Crippen molar-refractivity contribution in [3.05, 3.63) is 53.1 Å². The van der Waals surface area contributed by atoms with E-state index in [9.17, 15) is 14.3 Å². The number of carbonyl (C=O) groups is 1. The molecule has 0 radical (unpaired) electrons. The van der Waals surface area contributed by atoms with E-state index in [0.29, 0.717) is 24.3 Å². The molecule has 0 unspecified atom stereocenters. The predicted molar refractivity (Wildman–Crippen MR) is 115 cm³/mol. The van der Waals surface area contributed by atoms with Crippen molar-refractivity contribution in [1.29, 1.82) is 0 Å². The fraction of sp³-hybridized carbons (Fsp3) is 0.435. The molecule has 0 spiro atoms. The van der Waals surface area contributed by atoms with Gasteiger partial charge in [0.05, 0.1) is 17.8 Å². The number of hydrogen-bond donors (Lipinski definition) is 2. The van der Waals surface area contributed by atoms with Crippen LogP contribution in [0.2, 0.25) is 0 Å². The van der Waals surface area contributed by atoms with Crippen molar-refractivity contribution in [3.63, 3.8) is 0 Å². The third kappa shape index (κ3) is 3.88. The molecule has 1 fully saturated rings. The minimum Gasteiger partial charge on any atom is -0.481 e. The molecule has 2 aliphatic carbocycles. The fourth-order valence-corrected chi connectivity index (χ4v) is 4.46. The molecule has 0 aromatic carbocycles. The normalized spacial score (nSPS) is 22.7. The SMILES string of the molecule is Cc1c(C2CCC(C(=O)O)CC2)nc2c(C3=CCCCC=CC(F)=C3)cnn2c1N. The molecule has 0 bridgehead atoms. The van der Waals surface area contributed by atoms with E-state index in [1.165, 1.54) is 12.2 Å². The van der Waals surface area contributed by atoms with Crippen LogP contribution in [-0.2, 0) is 4.79 Å². The van der Waals surface area contributed by atoms with Crippen molar-refractivity contribution in [2.45, 2.75) is 57.8 Å². The second-order valence-electron chi connectivity index (χ2n) is 8.21. The van der Waals surface area contributed by atoms with Gasteiger partial charge in [0.2, 0.25) is 0 Å². The Bertz CT molecular complexity index is 1060. The number of nitrogens with two attached hydrogens (primary N) is 1.